The molecule has 2 amide bonds. The summed E-state index contributed by atoms with van der Waals surface area (Å²) in [5, 5.41) is 1.93. The number of hydrogen-bond acceptors (Lipinski definition) is 12. The second-order valence-corrected chi connectivity index (χ2v) is 21.9. The number of carbonyl (C=O) groups is 2. The highest BCUT2D eigenvalue weighted by Gasteiger charge is 2.60. The lowest BCUT2D eigenvalue weighted by atomic mass is 9.85. The fourth-order valence-corrected chi connectivity index (χ4v) is 9.08. The molecule has 2 bridgehead atoms. The Bertz CT molecular complexity index is 2140. The Hall–Kier alpha value is -4.08. The molecule has 0 aliphatic carbocycles. The van der Waals surface area contributed by atoms with Crippen LogP contribution in [0.5, 0.6) is 17.2 Å². The third-order valence-electron chi connectivity index (χ3n) is 13.5. The molecule has 3 aromatic carbocycles. The van der Waals surface area contributed by atoms with Gasteiger partial charge in [-0.3, -0.25) is 14.5 Å². The van der Waals surface area contributed by atoms with E-state index in [1.165, 1.54) is 16.0 Å². The molecule has 70 heavy (non-hydrogen) atoms. The molecule has 4 atom stereocenters. The molecule has 3 heterocycles. The van der Waals surface area contributed by atoms with Crippen LogP contribution in [-0.4, -0.2) is 131 Å². The third-order valence-corrected chi connectivity index (χ3v) is 13.5. The maximum atomic E-state index is 13.0. The van der Waals surface area contributed by atoms with Gasteiger partial charge in [-0.05, 0) is 110 Å². The number of nitrogens with zero attached hydrogens (tertiary/aromatic N) is 1. The quantitative estimate of drug-likeness (QED) is 0.0335. The Kier molecular flexibility index (Phi) is 19.4. The summed E-state index contributed by atoms with van der Waals surface area (Å²) >= 11 is 0. The highest BCUT2D eigenvalue weighted by atomic mass is 16.6. The number of carbonyl (C=O) groups excluding carboxylic acids is 2. The molecule has 388 valence electrons. The van der Waals surface area contributed by atoms with E-state index < -0.39 is 23.0 Å². The first-order chi connectivity index (χ1) is 33.2. The summed E-state index contributed by atoms with van der Waals surface area (Å²) in [5.41, 5.74) is 0.687. The number of ether oxygens (including phenoxy) is 10. The van der Waals surface area contributed by atoms with Gasteiger partial charge in [-0.1, -0.05) is 82.3 Å². The van der Waals surface area contributed by atoms with Crippen LogP contribution in [0, 0.1) is 11.8 Å². The van der Waals surface area contributed by atoms with Gasteiger partial charge >= 0.3 is 0 Å². The number of para-hydroxylation sites is 1. The van der Waals surface area contributed by atoms with Gasteiger partial charge in [-0.15, -0.1) is 0 Å². The molecule has 13 nitrogen and oxygen atoms in total. The normalized spacial score (nSPS) is 19.4. The lowest BCUT2D eigenvalue weighted by molar-refractivity contribution is -0.147. The number of imide groups is 1. The Labute approximate surface area is 418 Å². The zero-order valence-electron chi connectivity index (χ0n) is 44.3. The van der Waals surface area contributed by atoms with Gasteiger partial charge in [-0.2, -0.15) is 0 Å². The fraction of sp³-hybridized carbons (Fsp3) is 0.649. The van der Waals surface area contributed by atoms with E-state index in [4.69, 9.17) is 47.4 Å². The first kappa shape index (κ1) is 55.2. The molecule has 2 saturated heterocycles. The molecule has 3 aliphatic rings. The van der Waals surface area contributed by atoms with Crippen LogP contribution in [0.3, 0.4) is 0 Å². The molecule has 3 aromatic rings. The van der Waals surface area contributed by atoms with Crippen molar-refractivity contribution in [3.8, 4) is 17.2 Å². The van der Waals surface area contributed by atoms with Crippen LogP contribution in [0.4, 0.5) is 0 Å². The molecule has 0 aromatic heterocycles. The minimum Gasteiger partial charge on any atom is -0.491 e. The molecule has 6 rings (SSSR count). The Morgan fingerprint density at radius 3 is 1.47 bits per heavy atom. The molecule has 3 aliphatic heterocycles. The Morgan fingerprint density at radius 1 is 0.500 bits per heavy atom. The van der Waals surface area contributed by atoms with E-state index in [-0.39, 0.29) is 48.4 Å². The SMILES string of the molecule is CC(C)c1cccc(C(C)C)c1OCCOCCC(C)(C)OCCC(C)(C)OCCOc1cccc2c(OCCOCCC(C)(C)OCC(C)(C)OCCN3C(=O)C4C5C=CC(O5)C4C3=O)cccc12. The molecule has 0 saturated carbocycles. The summed E-state index contributed by atoms with van der Waals surface area (Å²) in [5.74, 6) is 2.20. The number of amides is 2. The predicted octanol–water partition coefficient (Wildman–Crippen LogP) is 10.2. The molecular formula is C57H83NO12. The van der Waals surface area contributed by atoms with Crippen LogP contribution >= 0.6 is 0 Å². The van der Waals surface area contributed by atoms with Crippen LogP contribution in [0.1, 0.15) is 125 Å². The second-order valence-electron chi connectivity index (χ2n) is 21.9. The van der Waals surface area contributed by atoms with E-state index in [1.807, 2.05) is 76.2 Å². The molecule has 4 unspecified atom stereocenters. The van der Waals surface area contributed by atoms with Gasteiger partial charge in [0.05, 0.1) is 92.6 Å². The van der Waals surface area contributed by atoms with Gasteiger partial charge in [-0.25, -0.2) is 0 Å². The van der Waals surface area contributed by atoms with E-state index in [1.54, 1.807) is 0 Å². The van der Waals surface area contributed by atoms with Gasteiger partial charge in [0.1, 0.15) is 37.1 Å². The summed E-state index contributed by atoms with van der Waals surface area (Å²) in [6.07, 6.45) is 5.39. The zero-order chi connectivity index (χ0) is 50.7. The molecular weight excluding hydrogens is 891 g/mol. The standard InChI is InChI=1S/C57H83NO12/c1-39(2)41-16-13-17-42(40(3)4)51(41)65-35-33-62-28-24-54(5,6)66-30-26-55(7,8)68-37-36-64-46-21-15-18-43-44(46)19-14-20-45(43)63-34-32-61-29-25-56(9,10)69-38-57(11,12)67-31-27-58-52(59)49-47-22-23-48(70-47)50(49)53(58)60/h13-23,39-40,47-50H,24-38H2,1-12H3. The van der Waals surface area contributed by atoms with Crippen LogP contribution in [0.2, 0.25) is 0 Å². The van der Waals surface area contributed by atoms with Gasteiger partial charge < -0.3 is 47.4 Å². The van der Waals surface area contributed by atoms with E-state index in [2.05, 4.69) is 73.6 Å². The summed E-state index contributed by atoms with van der Waals surface area (Å²) in [4.78, 5) is 27.2. The van der Waals surface area contributed by atoms with Crippen LogP contribution in [-0.2, 0) is 42.7 Å². The van der Waals surface area contributed by atoms with Crippen molar-refractivity contribution in [2.75, 3.05) is 79.2 Å². The summed E-state index contributed by atoms with van der Waals surface area (Å²) < 4.78 is 61.4. The minimum atomic E-state index is -0.617. The van der Waals surface area contributed by atoms with Crippen molar-refractivity contribution in [2.45, 2.75) is 149 Å². The lowest BCUT2D eigenvalue weighted by Gasteiger charge is -2.32. The molecule has 2 fully saturated rings. The Morgan fingerprint density at radius 2 is 0.943 bits per heavy atom. The topological polar surface area (TPSA) is 130 Å². The summed E-state index contributed by atoms with van der Waals surface area (Å²) in [6.45, 7) is 30.3. The van der Waals surface area contributed by atoms with Gasteiger partial charge in [0.25, 0.3) is 0 Å². The van der Waals surface area contributed by atoms with E-state index in [0.29, 0.717) is 84.3 Å². The highest BCUT2D eigenvalue weighted by Crippen LogP contribution is 2.45. The maximum absolute atomic E-state index is 13.0. The first-order valence-electron chi connectivity index (χ1n) is 25.6. The van der Waals surface area contributed by atoms with Crippen molar-refractivity contribution in [3.63, 3.8) is 0 Å². The number of fused-ring (bicyclic) bond motifs is 6. The van der Waals surface area contributed by atoms with Gasteiger partial charge in [0.2, 0.25) is 11.8 Å². The zero-order valence-corrected chi connectivity index (χ0v) is 44.3. The van der Waals surface area contributed by atoms with Crippen LogP contribution < -0.4 is 14.2 Å². The minimum absolute atomic E-state index is 0.163. The first-order valence-corrected chi connectivity index (χ1v) is 25.6. The van der Waals surface area contributed by atoms with Gasteiger partial charge in [0, 0.05) is 24.0 Å². The Balaban J connectivity index is 0.815. The number of likely N-dealkylation sites (tertiary alicyclic amines) is 1. The maximum Gasteiger partial charge on any atom is 0.236 e. The van der Waals surface area contributed by atoms with Crippen molar-refractivity contribution < 1.29 is 57.0 Å². The van der Waals surface area contributed by atoms with Crippen molar-refractivity contribution in [2.24, 2.45) is 11.8 Å². The average molecular weight is 974 g/mol. The molecule has 0 radical (unpaired) electrons. The lowest BCUT2D eigenvalue weighted by Crippen LogP contribution is -2.41. The van der Waals surface area contributed by atoms with Crippen molar-refractivity contribution in [3.05, 3.63) is 77.9 Å². The largest absolute Gasteiger partial charge is 0.491 e. The summed E-state index contributed by atoms with van der Waals surface area (Å²) in [6, 6.07) is 18.4. The van der Waals surface area contributed by atoms with Crippen molar-refractivity contribution in [1.82, 2.24) is 4.90 Å². The molecule has 0 N–H and O–H groups in total. The van der Waals surface area contributed by atoms with E-state index >= 15 is 0 Å². The summed E-state index contributed by atoms with van der Waals surface area (Å²) in [7, 11) is 0. The van der Waals surface area contributed by atoms with E-state index in [9.17, 15) is 9.59 Å². The monoisotopic (exact) mass is 974 g/mol. The van der Waals surface area contributed by atoms with Crippen LogP contribution in [0.15, 0.2) is 66.7 Å². The third kappa shape index (κ3) is 15.2. The average Bonchev–Trinajstić information content (AvgIpc) is 4.00. The number of benzene rings is 3. The second kappa shape index (κ2) is 24.6. The van der Waals surface area contributed by atoms with Crippen molar-refractivity contribution in [1.29, 1.82) is 0 Å². The molecule has 0 spiro atoms. The molecule has 13 heteroatoms. The highest BCUT2D eigenvalue weighted by molar-refractivity contribution is 6.06. The smallest absolute Gasteiger partial charge is 0.236 e. The van der Waals surface area contributed by atoms with Crippen molar-refractivity contribution >= 4 is 22.6 Å². The predicted molar refractivity (Wildman–Crippen MR) is 272 cm³/mol. The van der Waals surface area contributed by atoms with Crippen LogP contribution in [0.25, 0.3) is 10.8 Å². The van der Waals surface area contributed by atoms with Gasteiger partial charge in [0.15, 0.2) is 0 Å². The number of rotatable bonds is 32. The number of hydrogen-bond donors (Lipinski definition) is 0. The van der Waals surface area contributed by atoms with E-state index in [0.717, 1.165) is 40.9 Å². The fourth-order valence-electron chi connectivity index (χ4n) is 9.08.